The van der Waals surface area contributed by atoms with Crippen molar-refractivity contribution in [3.63, 3.8) is 0 Å². The number of hydrogen-bond acceptors (Lipinski definition) is 5. The summed E-state index contributed by atoms with van der Waals surface area (Å²) in [5, 5.41) is 11.8. The van der Waals surface area contributed by atoms with E-state index in [1.807, 2.05) is 12.3 Å². The SMILES string of the molecule is COc1cc(N2CCN([C@H]3CC[C@H](c4cn(C)c5ccc(C#N)cc54)CC3)CC2)c2nccc(C)c2c1. The van der Waals surface area contributed by atoms with E-state index in [1.54, 1.807) is 7.11 Å². The Balaban J connectivity index is 1.13. The first kappa shape index (κ1) is 23.8. The van der Waals surface area contributed by atoms with Crippen molar-refractivity contribution in [2.75, 3.05) is 38.2 Å². The first-order valence-corrected chi connectivity index (χ1v) is 13.5. The van der Waals surface area contributed by atoms with Gasteiger partial charge in [0.15, 0.2) is 0 Å². The van der Waals surface area contributed by atoms with E-state index >= 15 is 0 Å². The summed E-state index contributed by atoms with van der Waals surface area (Å²) in [7, 11) is 3.86. The molecule has 1 aliphatic carbocycles. The molecule has 2 aromatic heterocycles. The van der Waals surface area contributed by atoms with Crippen LogP contribution in [0.5, 0.6) is 5.75 Å². The second kappa shape index (κ2) is 9.72. The Bertz CT molecular complexity index is 1480. The summed E-state index contributed by atoms with van der Waals surface area (Å²) >= 11 is 0. The van der Waals surface area contributed by atoms with E-state index < -0.39 is 0 Å². The molecule has 1 aliphatic heterocycles. The van der Waals surface area contributed by atoms with Gasteiger partial charge in [-0.15, -0.1) is 0 Å². The molecule has 4 aromatic rings. The van der Waals surface area contributed by atoms with Crippen LogP contribution in [-0.2, 0) is 7.05 Å². The summed E-state index contributed by atoms with van der Waals surface area (Å²) < 4.78 is 7.85. The molecule has 0 bridgehead atoms. The monoisotopic (exact) mass is 493 g/mol. The van der Waals surface area contributed by atoms with Crippen LogP contribution >= 0.6 is 0 Å². The highest BCUT2D eigenvalue weighted by Crippen LogP contribution is 2.39. The van der Waals surface area contributed by atoms with Crippen LogP contribution in [0.2, 0.25) is 0 Å². The fourth-order valence-corrected chi connectivity index (χ4v) is 6.60. The summed E-state index contributed by atoms with van der Waals surface area (Å²) in [4.78, 5) is 9.94. The molecule has 6 heteroatoms. The van der Waals surface area contributed by atoms with E-state index in [4.69, 9.17) is 9.72 Å². The smallest absolute Gasteiger partial charge is 0.121 e. The number of pyridine rings is 1. The summed E-state index contributed by atoms with van der Waals surface area (Å²) in [6.45, 7) is 6.33. The molecule has 1 saturated heterocycles. The molecule has 0 radical (unpaired) electrons. The molecule has 37 heavy (non-hydrogen) atoms. The minimum Gasteiger partial charge on any atom is -0.497 e. The minimum atomic E-state index is 0.577. The number of fused-ring (bicyclic) bond motifs is 2. The van der Waals surface area contributed by atoms with E-state index in [2.05, 4.69) is 70.9 Å². The molecule has 2 aliphatic rings. The fraction of sp³-hybridized carbons (Fsp3) is 0.419. The molecule has 1 saturated carbocycles. The molecule has 190 valence electrons. The molecule has 2 aromatic carbocycles. The van der Waals surface area contributed by atoms with Gasteiger partial charge in [0.2, 0.25) is 0 Å². The lowest BCUT2D eigenvalue weighted by Gasteiger charge is -2.42. The minimum absolute atomic E-state index is 0.577. The van der Waals surface area contributed by atoms with Gasteiger partial charge < -0.3 is 14.2 Å². The van der Waals surface area contributed by atoms with E-state index in [-0.39, 0.29) is 0 Å². The molecule has 6 rings (SSSR count). The van der Waals surface area contributed by atoms with Crippen molar-refractivity contribution >= 4 is 27.5 Å². The van der Waals surface area contributed by atoms with Crippen molar-refractivity contribution in [2.24, 2.45) is 7.05 Å². The molecule has 0 unspecified atom stereocenters. The molecule has 0 atom stereocenters. The van der Waals surface area contributed by atoms with Gasteiger partial charge in [0.05, 0.1) is 29.9 Å². The van der Waals surface area contributed by atoms with Gasteiger partial charge in [-0.3, -0.25) is 9.88 Å². The first-order valence-electron chi connectivity index (χ1n) is 13.5. The highest BCUT2D eigenvalue weighted by Gasteiger charge is 2.30. The lowest BCUT2D eigenvalue weighted by Crippen LogP contribution is -2.51. The number of rotatable bonds is 4. The summed E-state index contributed by atoms with van der Waals surface area (Å²) in [5.74, 6) is 1.47. The van der Waals surface area contributed by atoms with Gasteiger partial charge in [0.25, 0.3) is 0 Å². The van der Waals surface area contributed by atoms with Gasteiger partial charge in [0.1, 0.15) is 5.75 Å². The molecule has 2 fully saturated rings. The third-order valence-electron chi connectivity index (χ3n) is 8.71. The van der Waals surface area contributed by atoms with Gasteiger partial charge in [0, 0.05) is 74.0 Å². The van der Waals surface area contributed by atoms with Crippen molar-refractivity contribution in [3.8, 4) is 11.8 Å². The van der Waals surface area contributed by atoms with E-state index in [1.165, 1.54) is 58.8 Å². The zero-order valence-corrected chi connectivity index (χ0v) is 22.1. The zero-order valence-electron chi connectivity index (χ0n) is 22.1. The summed E-state index contributed by atoms with van der Waals surface area (Å²) in [6, 6.07) is 15.4. The molecule has 6 nitrogen and oxygen atoms in total. The van der Waals surface area contributed by atoms with Crippen LogP contribution in [0.3, 0.4) is 0 Å². The first-order chi connectivity index (χ1) is 18.1. The Morgan fingerprint density at radius 3 is 2.49 bits per heavy atom. The number of methoxy groups -OCH3 is 1. The Kier molecular flexibility index (Phi) is 6.26. The number of anilines is 1. The van der Waals surface area contributed by atoms with Gasteiger partial charge >= 0.3 is 0 Å². The Labute approximate surface area is 219 Å². The maximum Gasteiger partial charge on any atom is 0.121 e. The van der Waals surface area contributed by atoms with E-state index in [0.29, 0.717) is 12.0 Å². The zero-order chi connectivity index (χ0) is 25.5. The van der Waals surface area contributed by atoms with E-state index in [0.717, 1.165) is 43.0 Å². The molecule has 0 amide bonds. The Hall–Kier alpha value is -3.56. The molecular weight excluding hydrogens is 458 g/mol. The molecule has 0 spiro atoms. The predicted molar refractivity (Wildman–Crippen MR) is 149 cm³/mol. The van der Waals surface area contributed by atoms with Crippen LogP contribution in [0.25, 0.3) is 21.8 Å². The third-order valence-corrected chi connectivity index (χ3v) is 8.71. The van der Waals surface area contributed by atoms with Crippen LogP contribution in [0.1, 0.15) is 48.3 Å². The lowest BCUT2D eigenvalue weighted by molar-refractivity contribution is 0.141. The number of aromatic nitrogens is 2. The fourth-order valence-electron chi connectivity index (χ4n) is 6.60. The van der Waals surface area contributed by atoms with Crippen LogP contribution in [0.15, 0.2) is 48.8 Å². The van der Waals surface area contributed by atoms with Crippen molar-refractivity contribution in [2.45, 2.75) is 44.6 Å². The van der Waals surface area contributed by atoms with Gasteiger partial charge in [-0.25, -0.2) is 0 Å². The second-order valence-electron chi connectivity index (χ2n) is 10.7. The number of nitriles is 1. The number of ether oxygens (including phenoxy) is 1. The van der Waals surface area contributed by atoms with Gasteiger partial charge in [-0.05, 0) is 80.0 Å². The van der Waals surface area contributed by atoms with E-state index in [9.17, 15) is 5.26 Å². The number of benzene rings is 2. The highest BCUT2D eigenvalue weighted by atomic mass is 16.5. The average Bonchev–Trinajstić information content (AvgIpc) is 3.28. The second-order valence-corrected chi connectivity index (χ2v) is 10.7. The van der Waals surface area contributed by atoms with Crippen LogP contribution in [0.4, 0.5) is 5.69 Å². The van der Waals surface area contributed by atoms with Crippen molar-refractivity contribution in [1.29, 1.82) is 5.26 Å². The summed E-state index contributed by atoms with van der Waals surface area (Å²) in [6.07, 6.45) is 9.11. The lowest BCUT2D eigenvalue weighted by atomic mass is 9.81. The van der Waals surface area contributed by atoms with Crippen molar-refractivity contribution in [1.82, 2.24) is 14.5 Å². The van der Waals surface area contributed by atoms with Crippen molar-refractivity contribution < 1.29 is 4.74 Å². The van der Waals surface area contributed by atoms with Crippen molar-refractivity contribution in [3.05, 3.63) is 65.5 Å². The predicted octanol–water partition coefficient (Wildman–Crippen LogP) is 5.76. The largest absolute Gasteiger partial charge is 0.497 e. The van der Waals surface area contributed by atoms with Crippen LogP contribution in [-0.4, -0.2) is 53.8 Å². The normalized spacial score (nSPS) is 20.9. The quantitative estimate of drug-likeness (QED) is 0.362. The standard InChI is InChI=1S/C31H35N5O/c1-21-10-11-33-31-26(21)17-25(37-3)18-30(31)36-14-12-35(13-15-36)24-7-5-23(6-8-24)28-20-34(2)29-9-4-22(19-32)16-27(28)29/h4,9-11,16-18,20,23-24H,5-8,12-15H2,1-3H3/t23-,24-. The molecular formula is C31H35N5O. The molecule has 3 heterocycles. The van der Waals surface area contributed by atoms with Gasteiger partial charge in [-0.2, -0.15) is 5.26 Å². The average molecular weight is 494 g/mol. The highest BCUT2D eigenvalue weighted by molar-refractivity contribution is 5.94. The Morgan fingerprint density at radius 2 is 1.76 bits per heavy atom. The third kappa shape index (κ3) is 4.32. The van der Waals surface area contributed by atoms with Crippen LogP contribution in [0, 0.1) is 18.3 Å². The van der Waals surface area contributed by atoms with Crippen LogP contribution < -0.4 is 9.64 Å². The number of nitrogens with zero attached hydrogens (tertiary/aromatic N) is 5. The molecule has 0 N–H and O–H groups in total. The number of piperazine rings is 1. The maximum atomic E-state index is 9.39. The Morgan fingerprint density at radius 1 is 0.973 bits per heavy atom. The number of hydrogen-bond donors (Lipinski definition) is 0. The van der Waals surface area contributed by atoms with Gasteiger partial charge in [-0.1, -0.05) is 0 Å². The topological polar surface area (TPSA) is 57.3 Å². The maximum absolute atomic E-state index is 9.39. The summed E-state index contributed by atoms with van der Waals surface area (Å²) in [5.41, 5.74) is 6.89. The number of aryl methyl sites for hydroxylation is 2.